The molecule has 1 aromatic rings. The summed E-state index contributed by atoms with van der Waals surface area (Å²) in [7, 11) is 0. The molecule has 1 fully saturated rings. The van der Waals surface area contributed by atoms with Crippen molar-refractivity contribution in [3.63, 3.8) is 0 Å². The predicted octanol–water partition coefficient (Wildman–Crippen LogP) is 1.12. The van der Waals surface area contributed by atoms with Gasteiger partial charge in [0.15, 0.2) is 0 Å². The normalized spacial score (nSPS) is 16.4. The minimum atomic E-state index is -0.467. The van der Waals surface area contributed by atoms with Crippen LogP contribution in [-0.2, 0) is 11.2 Å². The molecule has 6 nitrogen and oxygen atoms in total. The minimum absolute atomic E-state index is 0.000587. The van der Waals surface area contributed by atoms with E-state index in [1.165, 1.54) is 12.1 Å². The van der Waals surface area contributed by atoms with Gasteiger partial charge in [0.25, 0.3) is 5.69 Å². The van der Waals surface area contributed by atoms with E-state index in [9.17, 15) is 20.0 Å². The van der Waals surface area contributed by atoms with E-state index in [4.69, 9.17) is 0 Å². The number of carbonyl (C=O) groups excluding carboxylic acids is 1. The highest BCUT2D eigenvalue weighted by molar-refractivity contribution is 5.79. The van der Waals surface area contributed by atoms with Crippen LogP contribution in [0.25, 0.3) is 0 Å². The summed E-state index contributed by atoms with van der Waals surface area (Å²) in [5, 5.41) is 20.0. The Kier molecular flexibility index (Phi) is 4.11. The van der Waals surface area contributed by atoms with Gasteiger partial charge in [0.1, 0.15) is 0 Å². The Balaban J connectivity index is 1.98. The summed E-state index contributed by atoms with van der Waals surface area (Å²) in [6.07, 6.45) is 1.04. The molecule has 102 valence electrons. The van der Waals surface area contributed by atoms with E-state index < -0.39 is 4.92 Å². The Morgan fingerprint density at radius 1 is 1.42 bits per heavy atom. The number of hydrogen-bond acceptors (Lipinski definition) is 4. The summed E-state index contributed by atoms with van der Waals surface area (Å²) < 4.78 is 0. The molecule has 2 rings (SSSR count). The zero-order chi connectivity index (χ0) is 13.8. The Morgan fingerprint density at radius 3 is 2.74 bits per heavy atom. The average Bonchev–Trinajstić information content (AvgIpc) is 2.39. The second-order valence-corrected chi connectivity index (χ2v) is 4.72. The van der Waals surface area contributed by atoms with Crippen LogP contribution in [0, 0.1) is 10.1 Å². The van der Waals surface area contributed by atoms with Crippen LogP contribution < -0.4 is 0 Å². The smallest absolute Gasteiger partial charge is 0.269 e. The van der Waals surface area contributed by atoms with Gasteiger partial charge in [-0.3, -0.25) is 14.9 Å². The topological polar surface area (TPSA) is 83.7 Å². The van der Waals surface area contributed by atoms with Crippen LogP contribution in [0.4, 0.5) is 5.69 Å². The van der Waals surface area contributed by atoms with Gasteiger partial charge < -0.3 is 10.0 Å². The number of nitro groups is 1. The summed E-state index contributed by atoms with van der Waals surface area (Å²) in [4.78, 5) is 23.9. The zero-order valence-electron chi connectivity index (χ0n) is 10.5. The van der Waals surface area contributed by atoms with E-state index in [-0.39, 0.29) is 24.1 Å². The molecule has 0 atom stereocenters. The van der Waals surface area contributed by atoms with Crippen molar-refractivity contribution in [2.45, 2.75) is 25.4 Å². The number of hydrogen-bond donors (Lipinski definition) is 1. The highest BCUT2D eigenvalue weighted by atomic mass is 16.6. The van der Waals surface area contributed by atoms with E-state index in [2.05, 4.69) is 0 Å². The first kappa shape index (κ1) is 13.5. The first-order valence-electron chi connectivity index (χ1n) is 6.25. The molecule has 0 unspecified atom stereocenters. The lowest BCUT2D eigenvalue weighted by molar-refractivity contribution is -0.384. The van der Waals surface area contributed by atoms with Gasteiger partial charge in [0.05, 0.1) is 17.4 Å². The first-order valence-corrected chi connectivity index (χ1v) is 6.25. The minimum Gasteiger partial charge on any atom is -0.393 e. The number of non-ortho nitro benzene ring substituents is 1. The number of aliphatic hydroxyl groups excluding tert-OH is 1. The summed E-state index contributed by atoms with van der Waals surface area (Å²) in [5.41, 5.74) is 0.643. The second-order valence-electron chi connectivity index (χ2n) is 4.72. The molecule has 0 radical (unpaired) electrons. The molecule has 1 heterocycles. The maximum absolute atomic E-state index is 12.0. The fourth-order valence-corrected chi connectivity index (χ4v) is 2.18. The lowest BCUT2D eigenvalue weighted by Gasteiger charge is -2.29. The van der Waals surface area contributed by atoms with Crippen LogP contribution in [0.3, 0.4) is 0 Å². The van der Waals surface area contributed by atoms with Crippen molar-refractivity contribution in [2.24, 2.45) is 0 Å². The van der Waals surface area contributed by atoms with Gasteiger partial charge in [-0.05, 0) is 18.4 Å². The molecule has 1 N–H and O–H groups in total. The van der Waals surface area contributed by atoms with Gasteiger partial charge in [-0.25, -0.2) is 0 Å². The summed E-state index contributed by atoms with van der Waals surface area (Å²) in [6.45, 7) is 1.10. The molecule has 0 saturated carbocycles. The molecule has 0 aromatic heterocycles. The molecule has 6 heteroatoms. The van der Waals surface area contributed by atoms with Crippen LogP contribution in [0.5, 0.6) is 0 Å². The molecule has 1 aromatic carbocycles. The maximum atomic E-state index is 12.0. The van der Waals surface area contributed by atoms with Crippen molar-refractivity contribution >= 4 is 11.6 Å². The molecule has 1 amide bonds. The number of aliphatic hydroxyl groups is 1. The molecule has 0 bridgehead atoms. The van der Waals surface area contributed by atoms with E-state index in [0.29, 0.717) is 31.5 Å². The largest absolute Gasteiger partial charge is 0.393 e. The van der Waals surface area contributed by atoms with E-state index in [1.54, 1.807) is 17.0 Å². The number of benzene rings is 1. The third-order valence-electron chi connectivity index (χ3n) is 3.29. The molecular weight excluding hydrogens is 248 g/mol. The van der Waals surface area contributed by atoms with Gasteiger partial charge >= 0.3 is 0 Å². The van der Waals surface area contributed by atoms with Gasteiger partial charge in [-0.2, -0.15) is 0 Å². The van der Waals surface area contributed by atoms with E-state index in [0.717, 1.165) is 0 Å². The highest BCUT2D eigenvalue weighted by Gasteiger charge is 2.21. The lowest BCUT2D eigenvalue weighted by Crippen LogP contribution is -2.40. The van der Waals surface area contributed by atoms with Crippen molar-refractivity contribution in [2.75, 3.05) is 13.1 Å². The van der Waals surface area contributed by atoms with Crippen LogP contribution >= 0.6 is 0 Å². The van der Waals surface area contributed by atoms with Crippen molar-refractivity contribution in [3.05, 3.63) is 39.9 Å². The first-order chi connectivity index (χ1) is 9.06. The van der Waals surface area contributed by atoms with E-state index in [1.807, 2.05) is 0 Å². The van der Waals surface area contributed by atoms with Gasteiger partial charge in [-0.1, -0.05) is 12.1 Å². The number of nitro benzene ring substituents is 1. The van der Waals surface area contributed by atoms with Gasteiger partial charge in [0.2, 0.25) is 5.91 Å². The second kappa shape index (κ2) is 5.79. The van der Waals surface area contributed by atoms with Gasteiger partial charge in [0, 0.05) is 25.2 Å². The van der Waals surface area contributed by atoms with Crippen molar-refractivity contribution in [3.8, 4) is 0 Å². The van der Waals surface area contributed by atoms with Crippen LogP contribution in [0.1, 0.15) is 18.4 Å². The number of carbonyl (C=O) groups is 1. The SMILES string of the molecule is O=C(Cc1cccc([N+](=O)[O-])c1)N1CCC(O)CC1. The Morgan fingerprint density at radius 2 is 2.11 bits per heavy atom. The standard InChI is InChI=1S/C13H16N2O4/c16-12-4-6-14(7-5-12)13(17)9-10-2-1-3-11(8-10)15(18)19/h1-3,8,12,16H,4-7,9H2. The van der Waals surface area contributed by atoms with Crippen LogP contribution in [0.15, 0.2) is 24.3 Å². The number of nitrogens with zero attached hydrogens (tertiary/aromatic N) is 2. The Bertz CT molecular complexity index is 481. The third kappa shape index (κ3) is 3.51. The Hall–Kier alpha value is -1.95. The fourth-order valence-electron chi connectivity index (χ4n) is 2.18. The molecule has 1 saturated heterocycles. The van der Waals surface area contributed by atoms with Crippen LogP contribution in [-0.4, -0.2) is 40.0 Å². The van der Waals surface area contributed by atoms with Crippen molar-refractivity contribution < 1.29 is 14.8 Å². The maximum Gasteiger partial charge on any atom is 0.269 e. The molecule has 1 aliphatic rings. The molecular formula is C13H16N2O4. The third-order valence-corrected chi connectivity index (χ3v) is 3.29. The summed E-state index contributed by atoms with van der Waals surface area (Å²) >= 11 is 0. The predicted molar refractivity (Wildman–Crippen MR) is 68.6 cm³/mol. The molecule has 1 aliphatic heterocycles. The Labute approximate surface area is 110 Å². The summed E-state index contributed by atoms with van der Waals surface area (Å²) in [5.74, 6) is -0.0487. The fraction of sp³-hybridized carbons (Fsp3) is 0.462. The highest BCUT2D eigenvalue weighted by Crippen LogP contribution is 2.16. The summed E-state index contributed by atoms with van der Waals surface area (Å²) in [6, 6.07) is 6.13. The number of likely N-dealkylation sites (tertiary alicyclic amines) is 1. The van der Waals surface area contributed by atoms with Gasteiger partial charge in [-0.15, -0.1) is 0 Å². The van der Waals surface area contributed by atoms with E-state index >= 15 is 0 Å². The van der Waals surface area contributed by atoms with Crippen LogP contribution in [0.2, 0.25) is 0 Å². The number of rotatable bonds is 3. The zero-order valence-corrected chi connectivity index (χ0v) is 10.5. The number of amides is 1. The van der Waals surface area contributed by atoms with Crippen molar-refractivity contribution in [1.82, 2.24) is 4.90 Å². The lowest BCUT2D eigenvalue weighted by atomic mass is 10.1. The monoisotopic (exact) mass is 264 g/mol. The molecule has 19 heavy (non-hydrogen) atoms. The number of piperidine rings is 1. The average molecular weight is 264 g/mol. The molecule has 0 spiro atoms. The quantitative estimate of drug-likeness (QED) is 0.655. The molecule has 0 aliphatic carbocycles. The van der Waals surface area contributed by atoms with Crippen molar-refractivity contribution in [1.29, 1.82) is 0 Å².